The maximum atomic E-state index is 12.8. The van der Waals surface area contributed by atoms with Gasteiger partial charge in [-0.05, 0) is 31.0 Å². The summed E-state index contributed by atoms with van der Waals surface area (Å²) >= 11 is 1.54. The van der Waals surface area contributed by atoms with Crippen LogP contribution in [0.2, 0.25) is 0 Å². The maximum absolute atomic E-state index is 12.8. The van der Waals surface area contributed by atoms with Crippen molar-refractivity contribution in [3.63, 3.8) is 0 Å². The SMILES string of the molecule is COc1ccc(N2C(=O)CS[C@@H]2c2ccccc2NC(=O)C2CC2)c(OC)c1. The van der Waals surface area contributed by atoms with Crippen LogP contribution in [0.5, 0.6) is 11.5 Å². The summed E-state index contributed by atoms with van der Waals surface area (Å²) in [7, 11) is 3.16. The number of amides is 2. The molecule has 1 aliphatic carbocycles. The molecule has 1 atom stereocenters. The summed E-state index contributed by atoms with van der Waals surface area (Å²) in [6.45, 7) is 0. The van der Waals surface area contributed by atoms with Crippen LogP contribution in [0, 0.1) is 5.92 Å². The van der Waals surface area contributed by atoms with Gasteiger partial charge < -0.3 is 14.8 Å². The lowest BCUT2D eigenvalue weighted by atomic mass is 10.1. The molecule has 146 valence electrons. The number of methoxy groups -OCH3 is 2. The van der Waals surface area contributed by atoms with Gasteiger partial charge in [0, 0.05) is 23.2 Å². The Bertz CT molecular complexity index is 913. The van der Waals surface area contributed by atoms with Gasteiger partial charge in [0.25, 0.3) is 0 Å². The van der Waals surface area contributed by atoms with Crippen LogP contribution in [0.15, 0.2) is 42.5 Å². The molecule has 0 aromatic heterocycles. The van der Waals surface area contributed by atoms with E-state index in [0.717, 1.165) is 24.1 Å². The van der Waals surface area contributed by atoms with E-state index in [0.29, 0.717) is 22.9 Å². The minimum Gasteiger partial charge on any atom is -0.497 e. The molecular formula is C21H22N2O4S. The fraction of sp³-hybridized carbons (Fsp3) is 0.333. The molecule has 1 heterocycles. The molecule has 0 unspecified atom stereocenters. The Morgan fingerprint density at radius 2 is 1.93 bits per heavy atom. The number of para-hydroxylation sites is 1. The average molecular weight is 398 g/mol. The molecule has 2 fully saturated rings. The van der Waals surface area contributed by atoms with Gasteiger partial charge in [0.1, 0.15) is 16.9 Å². The van der Waals surface area contributed by atoms with Gasteiger partial charge >= 0.3 is 0 Å². The third-order valence-electron chi connectivity index (χ3n) is 4.95. The summed E-state index contributed by atoms with van der Waals surface area (Å²) in [5.41, 5.74) is 2.35. The normalized spacial score (nSPS) is 18.9. The van der Waals surface area contributed by atoms with Crippen LogP contribution in [-0.4, -0.2) is 31.8 Å². The number of hydrogen-bond acceptors (Lipinski definition) is 5. The molecule has 0 radical (unpaired) electrons. The maximum Gasteiger partial charge on any atom is 0.238 e. The van der Waals surface area contributed by atoms with Crippen LogP contribution in [0.25, 0.3) is 0 Å². The Labute approximate surface area is 168 Å². The van der Waals surface area contributed by atoms with Crippen LogP contribution < -0.4 is 19.7 Å². The molecule has 0 spiro atoms. The zero-order valence-corrected chi connectivity index (χ0v) is 16.6. The molecule has 1 N–H and O–H groups in total. The van der Waals surface area contributed by atoms with E-state index in [1.165, 1.54) is 11.8 Å². The monoisotopic (exact) mass is 398 g/mol. The first kappa shape index (κ1) is 18.7. The summed E-state index contributed by atoms with van der Waals surface area (Å²) in [5, 5.41) is 2.80. The Hall–Kier alpha value is -2.67. The highest BCUT2D eigenvalue weighted by molar-refractivity contribution is 8.00. The van der Waals surface area contributed by atoms with E-state index in [4.69, 9.17) is 9.47 Å². The fourth-order valence-corrected chi connectivity index (χ4v) is 4.51. The standard InChI is InChI=1S/C21H22N2O4S/c1-26-14-9-10-17(18(11-14)27-2)23-19(24)12-28-21(23)15-5-3-4-6-16(15)22-20(25)13-7-8-13/h3-6,9-11,13,21H,7-8,12H2,1-2H3,(H,22,25)/t21-/m1/s1. The van der Waals surface area contributed by atoms with Gasteiger partial charge in [0.05, 0.1) is 25.7 Å². The lowest BCUT2D eigenvalue weighted by Gasteiger charge is -2.27. The molecule has 1 saturated heterocycles. The largest absolute Gasteiger partial charge is 0.497 e. The van der Waals surface area contributed by atoms with Crippen molar-refractivity contribution in [3.05, 3.63) is 48.0 Å². The second-order valence-electron chi connectivity index (χ2n) is 6.82. The number of nitrogens with one attached hydrogen (secondary N) is 1. The number of benzene rings is 2. The zero-order valence-electron chi connectivity index (χ0n) is 15.8. The molecule has 0 bridgehead atoms. The topological polar surface area (TPSA) is 67.9 Å². The first-order valence-electron chi connectivity index (χ1n) is 9.18. The smallest absolute Gasteiger partial charge is 0.238 e. The molecule has 2 aromatic carbocycles. The van der Waals surface area contributed by atoms with E-state index in [2.05, 4.69) is 5.32 Å². The van der Waals surface area contributed by atoms with Crippen molar-refractivity contribution in [1.82, 2.24) is 0 Å². The molecule has 1 saturated carbocycles. The first-order valence-corrected chi connectivity index (χ1v) is 10.2. The summed E-state index contributed by atoms with van der Waals surface area (Å²) in [5.74, 6) is 1.76. The predicted molar refractivity (Wildman–Crippen MR) is 110 cm³/mol. The Morgan fingerprint density at radius 1 is 1.14 bits per heavy atom. The van der Waals surface area contributed by atoms with Gasteiger partial charge in [-0.1, -0.05) is 18.2 Å². The average Bonchev–Trinajstić information content (AvgIpc) is 3.51. The Balaban J connectivity index is 1.70. The molecule has 1 aliphatic heterocycles. The number of rotatable bonds is 6. The lowest BCUT2D eigenvalue weighted by Crippen LogP contribution is -2.29. The van der Waals surface area contributed by atoms with Gasteiger partial charge in [-0.2, -0.15) is 0 Å². The molecule has 2 aromatic rings. The van der Waals surface area contributed by atoms with E-state index in [1.807, 2.05) is 36.4 Å². The van der Waals surface area contributed by atoms with Gasteiger partial charge in [0.15, 0.2) is 0 Å². The summed E-state index contributed by atoms with van der Waals surface area (Å²) in [4.78, 5) is 26.8. The van der Waals surface area contributed by atoms with Gasteiger partial charge in [-0.3, -0.25) is 14.5 Å². The Morgan fingerprint density at radius 3 is 2.64 bits per heavy atom. The van der Waals surface area contributed by atoms with Gasteiger partial charge in [0.2, 0.25) is 11.8 Å². The van der Waals surface area contributed by atoms with E-state index >= 15 is 0 Å². The second-order valence-corrected chi connectivity index (χ2v) is 7.88. The number of carbonyl (C=O) groups excluding carboxylic acids is 2. The van der Waals surface area contributed by atoms with Crippen molar-refractivity contribution in [2.24, 2.45) is 5.92 Å². The number of nitrogens with zero attached hydrogens (tertiary/aromatic N) is 1. The summed E-state index contributed by atoms with van der Waals surface area (Å²) in [6, 6.07) is 13.1. The van der Waals surface area contributed by atoms with Crippen LogP contribution in [0.1, 0.15) is 23.8 Å². The lowest BCUT2D eigenvalue weighted by molar-refractivity contribution is -0.117. The second kappa shape index (κ2) is 7.75. The number of anilines is 2. The van der Waals surface area contributed by atoms with Crippen molar-refractivity contribution in [1.29, 1.82) is 0 Å². The molecule has 2 aliphatic rings. The van der Waals surface area contributed by atoms with E-state index < -0.39 is 0 Å². The van der Waals surface area contributed by atoms with Crippen molar-refractivity contribution in [2.45, 2.75) is 18.2 Å². The van der Waals surface area contributed by atoms with E-state index in [-0.39, 0.29) is 23.1 Å². The highest BCUT2D eigenvalue weighted by Crippen LogP contribution is 2.47. The summed E-state index contributed by atoms with van der Waals surface area (Å²) in [6.07, 6.45) is 1.89. The quantitative estimate of drug-likeness (QED) is 0.801. The predicted octanol–water partition coefficient (Wildman–Crippen LogP) is 3.83. The molecule has 6 nitrogen and oxygen atoms in total. The number of carbonyl (C=O) groups is 2. The van der Waals surface area contributed by atoms with Crippen LogP contribution in [0.4, 0.5) is 11.4 Å². The third-order valence-corrected chi connectivity index (χ3v) is 6.14. The minimum absolute atomic E-state index is 0.00166. The van der Waals surface area contributed by atoms with Gasteiger partial charge in [-0.25, -0.2) is 0 Å². The zero-order chi connectivity index (χ0) is 19.7. The van der Waals surface area contributed by atoms with E-state index in [1.54, 1.807) is 25.2 Å². The number of thioether (sulfide) groups is 1. The molecule has 7 heteroatoms. The van der Waals surface area contributed by atoms with Gasteiger partial charge in [-0.15, -0.1) is 11.8 Å². The third kappa shape index (κ3) is 3.54. The molecule has 4 rings (SSSR count). The van der Waals surface area contributed by atoms with Crippen LogP contribution >= 0.6 is 11.8 Å². The minimum atomic E-state index is -0.245. The van der Waals surface area contributed by atoms with Crippen molar-refractivity contribution in [3.8, 4) is 11.5 Å². The van der Waals surface area contributed by atoms with Crippen molar-refractivity contribution >= 4 is 35.0 Å². The molecule has 28 heavy (non-hydrogen) atoms. The fourth-order valence-electron chi connectivity index (χ4n) is 3.31. The Kier molecular flexibility index (Phi) is 5.17. The number of hydrogen-bond donors (Lipinski definition) is 1. The molecular weight excluding hydrogens is 376 g/mol. The molecule has 2 amide bonds. The highest BCUT2D eigenvalue weighted by Gasteiger charge is 2.37. The number of ether oxygens (including phenoxy) is 2. The first-order chi connectivity index (χ1) is 13.6. The van der Waals surface area contributed by atoms with Crippen LogP contribution in [-0.2, 0) is 9.59 Å². The van der Waals surface area contributed by atoms with E-state index in [9.17, 15) is 9.59 Å². The van der Waals surface area contributed by atoms with Crippen molar-refractivity contribution in [2.75, 3.05) is 30.2 Å². The highest BCUT2D eigenvalue weighted by atomic mass is 32.2. The summed E-state index contributed by atoms with van der Waals surface area (Å²) < 4.78 is 10.8. The van der Waals surface area contributed by atoms with Crippen molar-refractivity contribution < 1.29 is 19.1 Å². The van der Waals surface area contributed by atoms with Crippen LogP contribution in [0.3, 0.4) is 0 Å².